The topological polar surface area (TPSA) is 143 Å². The summed E-state index contributed by atoms with van der Waals surface area (Å²) in [6.07, 6.45) is -2.97. The normalized spacial score (nSPS) is 30.6. The van der Waals surface area contributed by atoms with Crippen LogP contribution in [0.25, 0.3) is 0 Å². The Balaban J connectivity index is 1.41. The Labute approximate surface area is 210 Å². The van der Waals surface area contributed by atoms with E-state index in [2.05, 4.69) is 26.0 Å². The number of hydrogen-bond donors (Lipinski definition) is 4. The fourth-order valence-corrected chi connectivity index (χ4v) is 5.39. The van der Waals surface area contributed by atoms with E-state index in [1.807, 2.05) is 6.92 Å². The molecule has 5 fully saturated rings. The zero-order chi connectivity index (χ0) is 27.2. The van der Waals surface area contributed by atoms with E-state index in [1.54, 1.807) is 0 Å². The summed E-state index contributed by atoms with van der Waals surface area (Å²) in [7, 11) is 0. The number of hydrogen-bond acceptors (Lipinski definition) is 6. The number of ketones is 1. The van der Waals surface area contributed by atoms with Crippen LogP contribution < -0.4 is 21.3 Å². The van der Waals surface area contributed by atoms with Crippen LogP contribution in [0.1, 0.15) is 58.3 Å². The zero-order valence-electron chi connectivity index (χ0n) is 20.3. The Hall–Kier alpha value is -2.77. The summed E-state index contributed by atoms with van der Waals surface area (Å²) in [6, 6.07) is -2.74. The van der Waals surface area contributed by atoms with Gasteiger partial charge < -0.3 is 21.3 Å². The SMILES string of the molecule is CC1(CC(NC(=O)C(=O)NC23CC(F)(C2)C3)C(=O)NC(C[C@@H]2CCNC2=O)C(=O)COC(F)(F)F)CC1. The van der Waals surface area contributed by atoms with E-state index in [9.17, 15) is 41.5 Å². The third-order valence-electron chi connectivity index (χ3n) is 7.74. The minimum atomic E-state index is -5.07. The molecule has 0 spiro atoms. The Morgan fingerprint density at radius 3 is 2.24 bits per heavy atom. The van der Waals surface area contributed by atoms with E-state index < -0.39 is 65.7 Å². The van der Waals surface area contributed by atoms with Gasteiger partial charge in [-0.2, -0.15) is 0 Å². The van der Waals surface area contributed by atoms with Crippen LogP contribution in [0.5, 0.6) is 0 Å². The Bertz CT molecular complexity index is 978. The van der Waals surface area contributed by atoms with Crippen molar-refractivity contribution in [3.63, 3.8) is 0 Å². The molecule has 4 aliphatic carbocycles. The van der Waals surface area contributed by atoms with E-state index in [0.29, 0.717) is 13.0 Å². The smallest absolute Gasteiger partial charge is 0.356 e. The number of Topliss-reactive ketones (excluding diaryl/α,β-unsaturated/α-hetero) is 1. The maximum atomic E-state index is 13.7. The first kappa shape index (κ1) is 27.3. The molecule has 14 heteroatoms. The number of alkyl halides is 4. The van der Waals surface area contributed by atoms with Gasteiger partial charge in [-0.3, -0.25) is 28.7 Å². The summed E-state index contributed by atoms with van der Waals surface area (Å²) in [6.45, 7) is 0.831. The van der Waals surface area contributed by atoms with Crippen LogP contribution in [0.2, 0.25) is 0 Å². The van der Waals surface area contributed by atoms with Crippen LogP contribution in [0, 0.1) is 11.3 Å². The molecule has 10 nitrogen and oxygen atoms in total. The molecule has 4 amide bonds. The lowest BCUT2D eigenvalue weighted by Gasteiger charge is -2.65. The van der Waals surface area contributed by atoms with Crippen LogP contribution in [-0.4, -0.2) is 72.2 Å². The van der Waals surface area contributed by atoms with E-state index in [0.717, 1.165) is 12.8 Å². The summed E-state index contributed by atoms with van der Waals surface area (Å²) in [5, 5.41) is 9.79. The third kappa shape index (κ3) is 6.57. The van der Waals surface area contributed by atoms with Crippen LogP contribution in [-0.2, 0) is 28.7 Å². The van der Waals surface area contributed by atoms with Gasteiger partial charge in [-0.1, -0.05) is 6.92 Å². The second-order valence-electron chi connectivity index (χ2n) is 11.2. The first-order valence-electron chi connectivity index (χ1n) is 12.2. The molecule has 1 heterocycles. The molecule has 1 saturated heterocycles. The molecule has 5 rings (SSSR count). The maximum absolute atomic E-state index is 13.7. The van der Waals surface area contributed by atoms with Gasteiger partial charge >= 0.3 is 18.2 Å². The second-order valence-corrected chi connectivity index (χ2v) is 11.2. The van der Waals surface area contributed by atoms with Crippen molar-refractivity contribution in [3.05, 3.63) is 0 Å². The van der Waals surface area contributed by atoms with Crippen molar-refractivity contribution >= 4 is 29.4 Å². The monoisotopic (exact) mass is 534 g/mol. The second kappa shape index (κ2) is 9.52. The highest BCUT2D eigenvalue weighted by Crippen LogP contribution is 2.62. The van der Waals surface area contributed by atoms with Crippen molar-refractivity contribution < 1.29 is 46.3 Å². The van der Waals surface area contributed by atoms with Gasteiger partial charge in [-0.25, -0.2) is 4.39 Å². The average molecular weight is 535 g/mol. The quantitative estimate of drug-likeness (QED) is 0.225. The molecule has 2 unspecified atom stereocenters. The molecule has 2 bridgehead atoms. The molecular weight excluding hydrogens is 504 g/mol. The molecule has 0 radical (unpaired) electrons. The standard InChI is InChI=1S/C23H30F4N4O6/c1-20(3-4-20)7-14(30-18(35)19(36)31-22-9-21(24,10-22)11-22)17(34)29-13(6-12-2-5-28-16(12)33)15(32)8-37-23(25,26)27/h12-14H,2-11H2,1H3,(H,28,33)(H,29,34)(H,30,35)(H,31,36)/t12-,13?,14?,21?,22?/m0/s1. The van der Waals surface area contributed by atoms with Gasteiger partial charge in [0.05, 0.1) is 6.04 Å². The van der Waals surface area contributed by atoms with Gasteiger partial charge in [0.2, 0.25) is 11.8 Å². The zero-order valence-corrected chi connectivity index (χ0v) is 20.3. The number of carbonyl (C=O) groups excluding carboxylic acids is 5. The predicted octanol–water partition coefficient (Wildman–Crippen LogP) is 0.539. The van der Waals surface area contributed by atoms with Gasteiger partial charge in [0, 0.05) is 37.3 Å². The largest absolute Gasteiger partial charge is 0.522 e. The van der Waals surface area contributed by atoms with E-state index in [-0.39, 0.29) is 43.4 Å². The summed E-state index contributed by atoms with van der Waals surface area (Å²) in [5.41, 5.74) is -2.34. The van der Waals surface area contributed by atoms with Gasteiger partial charge in [0.25, 0.3) is 0 Å². The minimum absolute atomic E-state index is 0.125. The number of rotatable bonds is 11. The first-order valence-corrected chi connectivity index (χ1v) is 12.2. The van der Waals surface area contributed by atoms with Crippen molar-refractivity contribution in [3.8, 4) is 0 Å². The predicted molar refractivity (Wildman–Crippen MR) is 117 cm³/mol. The summed E-state index contributed by atoms with van der Waals surface area (Å²) < 4.78 is 54.8. The summed E-state index contributed by atoms with van der Waals surface area (Å²) in [4.78, 5) is 62.7. The molecule has 0 aromatic carbocycles. The Kier molecular flexibility index (Phi) is 7.01. The minimum Gasteiger partial charge on any atom is -0.356 e. The molecule has 0 aromatic rings. The fraction of sp³-hybridized carbons (Fsp3) is 0.783. The van der Waals surface area contributed by atoms with Crippen LogP contribution in [0.4, 0.5) is 17.6 Å². The third-order valence-corrected chi connectivity index (χ3v) is 7.74. The van der Waals surface area contributed by atoms with Gasteiger partial charge in [-0.05, 0) is 37.5 Å². The van der Waals surface area contributed by atoms with Crippen molar-refractivity contribution in [1.82, 2.24) is 21.3 Å². The van der Waals surface area contributed by atoms with Gasteiger partial charge in [0.15, 0.2) is 5.78 Å². The highest BCUT2D eigenvalue weighted by atomic mass is 19.4. The van der Waals surface area contributed by atoms with Crippen LogP contribution >= 0.6 is 0 Å². The molecule has 3 atom stereocenters. The number of amides is 4. The molecule has 4 saturated carbocycles. The van der Waals surface area contributed by atoms with Crippen LogP contribution in [0.15, 0.2) is 0 Å². The average Bonchev–Trinajstić information content (AvgIpc) is 3.35. The lowest BCUT2D eigenvalue weighted by Crippen LogP contribution is -2.77. The molecule has 4 N–H and O–H groups in total. The van der Waals surface area contributed by atoms with Crippen LogP contribution in [0.3, 0.4) is 0 Å². The van der Waals surface area contributed by atoms with E-state index in [4.69, 9.17) is 0 Å². The summed E-state index contributed by atoms with van der Waals surface area (Å²) >= 11 is 0. The van der Waals surface area contributed by atoms with Gasteiger partial charge in [0.1, 0.15) is 18.3 Å². The van der Waals surface area contributed by atoms with Crippen molar-refractivity contribution in [1.29, 1.82) is 0 Å². The Morgan fingerprint density at radius 1 is 1.08 bits per heavy atom. The fourth-order valence-electron chi connectivity index (χ4n) is 5.39. The molecule has 37 heavy (non-hydrogen) atoms. The highest BCUT2D eigenvalue weighted by Gasteiger charge is 2.70. The van der Waals surface area contributed by atoms with E-state index >= 15 is 0 Å². The Morgan fingerprint density at radius 2 is 1.73 bits per heavy atom. The molecule has 0 aromatic heterocycles. The number of ether oxygens (including phenoxy) is 1. The van der Waals surface area contributed by atoms with Crippen molar-refractivity contribution in [2.45, 2.75) is 87.9 Å². The molecular formula is C23H30F4N4O6. The molecule has 5 aliphatic rings. The van der Waals surface area contributed by atoms with Crippen molar-refractivity contribution in [2.24, 2.45) is 11.3 Å². The number of halogens is 4. The van der Waals surface area contributed by atoms with E-state index in [1.165, 1.54) is 0 Å². The maximum Gasteiger partial charge on any atom is 0.522 e. The highest BCUT2D eigenvalue weighted by molar-refractivity contribution is 6.35. The number of carbonyl (C=O) groups is 5. The summed E-state index contributed by atoms with van der Waals surface area (Å²) in [5.74, 6) is -5.18. The molecule has 206 valence electrons. The van der Waals surface area contributed by atoms with Crippen molar-refractivity contribution in [2.75, 3.05) is 13.2 Å². The lowest BCUT2D eigenvalue weighted by atomic mass is 9.47. The number of nitrogens with one attached hydrogen (secondary N) is 4. The molecule has 1 aliphatic heterocycles. The first-order chi connectivity index (χ1) is 17.1. The lowest BCUT2D eigenvalue weighted by molar-refractivity contribution is -0.321. The van der Waals surface area contributed by atoms with Gasteiger partial charge in [-0.15, -0.1) is 13.2 Å².